The van der Waals surface area contributed by atoms with Gasteiger partial charge in [0.15, 0.2) is 9.84 Å². The van der Waals surface area contributed by atoms with E-state index in [-0.39, 0.29) is 16.7 Å². The number of carbonyl (C=O) groups is 1. The van der Waals surface area contributed by atoms with Crippen LogP contribution in [0.25, 0.3) is 0 Å². The van der Waals surface area contributed by atoms with Gasteiger partial charge < -0.3 is 10.6 Å². The maximum atomic E-state index is 12.8. The SMILES string of the molecule is CC(C)c1cccc(CS(=O)(=O)c2ccc(NC(=O)NCc3cccnc3)cc2)c1. The average Bonchev–Trinajstić information content (AvgIpc) is 2.73. The zero-order valence-corrected chi connectivity index (χ0v) is 17.8. The molecule has 0 saturated heterocycles. The Balaban J connectivity index is 1.61. The number of anilines is 1. The topological polar surface area (TPSA) is 88.2 Å². The quantitative estimate of drug-likeness (QED) is 0.586. The highest BCUT2D eigenvalue weighted by molar-refractivity contribution is 7.90. The van der Waals surface area contributed by atoms with Crippen LogP contribution >= 0.6 is 0 Å². The summed E-state index contributed by atoms with van der Waals surface area (Å²) in [4.78, 5) is 16.2. The van der Waals surface area contributed by atoms with Gasteiger partial charge in [-0.2, -0.15) is 0 Å². The van der Waals surface area contributed by atoms with Gasteiger partial charge in [0.25, 0.3) is 0 Å². The molecule has 0 atom stereocenters. The van der Waals surface area contributed by atoms with Gasteiger partial charge in [-0.1, -0.05) is 44.2 Å². The van der Waals surface area contributed by atoms with E-state index in [1.807, 2.05) is 30.3 Å². The summed E-state index contributed by atoms with van der Waals surface area (Å²) in [6.45, 7) is 4.50. The van der Waals surface area contributed by atoms with Crippen LogP contribution in [0, 0.1) is 0 Å². The van der Waals surface area contributed by atoms with Gasteiger partial charge in [0.1, 0.15) is 0 Å². The number of carbonyl (C=O) groups excluding carboxylic acids is 1. The Kier molecular flexibility index (Phi) is 6.84. The molecule has 6 nitrogen and oxygen atoms in total. The second-order valence-electron chi connectivity index (χ2n) is 7.35. The van der Waals surface area contributed by atoms with Gasteiger partial charge in [-0.3, -0.25) is 4.98 Å². The fraction of sp³-hybridized carbons (Fsp3) is 0.217. The second kappa shape index (κ2) is 9.54. The fourth-order valence-corrected chi connectivity index (χ4v) is 4.29. The first-order valence-corrected chi connectivity index (χ1v) is 11.3. The lowest BCUT2D eigenvalue weighted by Gasteiger charge is -2.10. The summed E-state index contributed by atoms with van der Waals surface area (Å²) in [5, 5.41) is 5.43. The van der Waals surface area contributed by atoms with Crippen molar-refractivity contribution in [3.05, 3.63) is 89.7 Å². The molecule has 2 amide bonds. The summed E-state index contributed by atoms with van der Waals surface area (Å²) in [5.41, 5.74) is 3.27. The summed E-state index contributed by atoms with van der Waals surface area (Å²) in [7, 11) is -3.48. The molecule has 7 heteroatoms. The van der Waals surface area contributed by atoms with Crippen LogP contribution in [0.2, 0.25) is 0 Å². The van der Waals surface area contributed by atoms with Crippen LogP contribution in [0.3, 0.4) is 0 Å². The van der Waals surface area contributed by atoms with Crippen LogP contribution in [0.4, 0.5) is 10.5 Å². The van der Waals surface area contributed by atoms with Crippen molar-refractivity contribution in [1.82, 2.24) is 10.3 Å². The highest BCUT2D eigenvalue weighted by Gasteiger charge is 2.16. The van der Waals surface area contributed by atoms with Gasteiger partial charge in [-0.15, -0.1) is 0 Å². The van der Waals surface area contributed by atoms with Crippen molar-refractivity contribution < 1.29 is 13.2 Å². The smallest absolute Gasteiger partial charge is 0.319 e. The molecule has 0 bridgehead atoms. The van der Waals surface area contributed by atoms with Gasteiger partial charge in [0.05, 0.1) is 10.6 Å². The molecule has 0 radical (unpaired) electrons. The predicted molar refractivity (Wildman–Crippen MR) is 118 cm³/mol. The molecular weight excluding hydrogens is 398 g/mol. The molecule has 0 aliphatic carbocycles. The Morgan fingerprint density at radius 3 is 2.40 bits per heavy atom. The van der Waals surface area contributed by atoms with E-state index in [0.29, 0.717) is 18.2 Å². The Bertz CT molecular complexity index is 1100. The lowest BCUT2D eigenvalue weighted by Crippen LogP contribution is -2.28. The van der Waals surface area contributed by atoms with Crippen molar-refractivity contribution in [2.45, 2.75) is 37.0 Å². The number of amides is 2. The monoisotopic (exact) mass is 423 g/mol. The van der Waals surface area contributed by atoms with E-state index in [9.17, 15) is 13.2 Å². The maximum Gasteiger partial charge on any atom is 0.319 e. The van der Waals surface area contributed by atoms with Crippen molar-refractivity contribution in [1.29, 1.82) is 0 Å². The minimum atomic E-state index is -3.48. The molecule has 0 aliphatic rings. The molecule has 30 heavy (non-hydrogen) atoms. The highest BCUT2D eigenvalue weighted by atomic mass is 32.2. The minimum Gasteiger partial charge on any atom is -0.334 e. The van der Waals surface area contributed by atoms with E-state index in [0.717, 1.165) is 16.7 Å². The first-order chi connectivity index (χ1) is 14.3. The molecule has 156 valence electrons. The summed E-state index contributed by atoms with van der Waals surface area (Å²) in [6.07, 6.45) is 3.34. The minimum absolute atomic E-state index is 0.0636. The predicted octanol–water partition coefficient (Wildman–Crippen LogP) is 4.50. The molecule has 2 aromatic carbocycles. The lowest BCUT2D eigenvalue weighted by molar-refractivity contribution is 0.251. The molecule has 2 N–H and O–H groups in total. The van der Waals surface area contributed by atoms with E-state index in [4.69, 9.17) is 0 Å². The number of benzene rings is 2. The number of pyridine rings is 1. The van der Waals surface area contributed by atoms with Crippen LogP contribution in [-0.4, -0.2) is 19.4 Å². The van der Waals surface area contributed by atoms with Gasteiger partial charge in [0, 0.05) is 24.6 Å². The first-order valence-electron chi connectivity index (χ1n) is 9.69. The first kappa shape index (κ1) is 21.5. The molecule has 0 saturated carbocycles. The second-order valence-corrected chi connectivity index (χ2v) is 9.34. The lowest BCUT2D eigenvalue weighted by atomic mass is 10.0. The Labute approximate surface area is 177 Å². The molecule has 1 heterocycles. The molecular formula is C23H25N3O3S. The molecule has 0 spiro atoms. The summed E-state index contributed by atoms with van der Waals surface area (Å²) >= 11 is 0. The van der Waals surface area contributed by atoms with Crippen molar-refractivity contribution in [3.8, 4) is 0 Å². The van der Waals surface area contributed by atoms with Crippen molar-refractivity contribution >= 4 is 21.6 Å². The number of aromatic nitrogens is 1. The summed E-state index contributed by atoms with van der Waals surface area (Å²) < 4.78 is 25.5. The number of sulfone groups is 1. The van der Waals surface area contributed by atoms with Crippen LogP contribution in [-0.2, 0) is 22.1 Å². The Hall–Kier alpha value is -3.19. The van der Waals surface area contributed by atoms with Gasteiger partial charge >= 0.3 is 6.03 Å². The third-order valence-electron chi connectivity index (χ3n) is 4.62. The average molecular weight is 424 g/mol. The summed E-state index contributed by atoms with van der Waals surface area (Å²) in [5.74, 6) is 0.272. The zero-order chi connectivity index (χ0) is 21.6. The van der Waals surface area contributed by atoms with Crippen LogP contribution < -0.4 is 10.6 Å². The van der Waals surface area contributed by atoms with Crippen molar-refractivity contribution in [2.24, 2.45) is 0 Å². The van der Waals surface area contributed by atoms with Gasteiger partial charge in [0.2, 0.25) is 0 Å². The van der Waals surface area contributed by atoms with Crippen LogP contribution in [0.15, 0.2) is 78.0 Å². The standard InChI is InChI=1S/C23H25N3O3S/c1-17(2)20-7-3-5-18(13-20)16-30(28,29)22-10-8-21(9-11-22)26-23(27)25-15-19-6-4-12-24-14-19/h3-14,17H,15-16H2,1-2H3,(H2,25,26,27). The molecule has 0 fully saturated rings. The fourth-order valence-electron chi connectivity index (χ4n) is 2.95. The Morgan fingerprint density at radius 2 is 1.73 bits per heavy atom. The number of nitrogens with one attached hydrogen (secondary N) is 2. The van der Waals surface area contributed by atoms with E-state index in [1.54, 1.807) is 30.6 Å². The summed E-state index contributed by atoms with van der Waals surface area (Å²) in [6, 6.07) is 17.1. The number of rotatable bonds is 7. The molecule has 0 aliphatic heterocycles. The normalized spacial score (nSPS) is 11.3. The van der Waals surface area contributed by atoms with Crippen molar-refractivity contribution in [3.63, 3.8) is 0 Å². The number of urea groups is 1. The van der Waals surface area contributed by atoms with Crippen molar-refractivity contribution in [2.75, 3.05) is 5.32 Å². The largest absolute Gasteiger partial charge is 0.334 e. The number of nitrogens with zero attached hydrogens (tertiary/aromatic N) is 1. The van der Waals surface area contributed by atoms with Crippen LogP contribution in [0.1, 0.15) is 36.5 Å². The zero-order valence-electron chi connectivity index (χ0n) is 17.0. The van der Waals surface area contributed by atoms with Gasteiger partial charge in [-0.25, -0.2) is 13.2 Å². The maximum absolute atomic E-state index is 12.8. The molecule has 3 rings (SSSR count). The van der Waals surface area contributed by atoms with Crippen LogP contribution in [0.5, 0.6) is 0 Å². The highest BCUT2D eigenvalue weighted by Crippen LogP contribution is 2.21. The molecule has 0 unspecified atom stereocenters. The van der Waals surface area contributed by atoms with E-state index >= 15 is 0 Å². The van der Waals surface area contributed by atoms with E-state index in [2.05, 4.69) is 29.5 Å². The van der Waals surface area contributed by atoms with E-state index in [1.165, 1.54) is 12.1 Å². The number of hydrogen-bond acceptors (Lipinski definition) is 4. The Morgan fingerprint density at radius 1 is 1.00 bits per heavy atom. The van der Waals surface area contributed by atoms with Gasteiger partial charge in [-0.05, 0) is 52.9 Å². The third-order valence-corrected chi connectivity index (χ3v) is 6.33. The van der Waals surface area contributed by atoms with E-state index < -0.39 is 9.84 Å². The number of hydrogen-bond donors (Lipinski definition) is 2. The molecule has 3 aromatic rings. The molecule has 1 aromatic heterocycles. The third kappa shape index (κ3) is 5.90.